The summed E-state index contributed by atoms with van der Waals surface area (Å²) in [6, 6.07) is 4.61. The minimum Gasteiger partial charge on any atom is -0.507 e. The Balaban J connectivity index is 1.44. The molecule has 1 atom stereocenters. The molecule has 1 spiro atoms. The van der Waals surface area contributed by atoms with Crippen LogP contribution in [-0.2, 0) is 4.79 Å². The molecule has 6 nitrogen and oxygen atoms in total. The van der Waals surface area contributed by atoms with Gasteiger partial charge in [-0.15, -0.1) is 0 Å². The molecular formula is C20H26ClN3O3. The molecule has 3 fully saturated rings. The average Bonchev–Trinajstić information content (AvgIpc) is 3.19. The maximum absolute atomic E-state index is 12.9. The standard InChI is InChI=1S/C20H26ClN3O3/c21-15-4-5-16(17(25)12-15)19(27)23-10-3-6-20(14-23)7-11-24(20)13-18(26)22-8-1-2-9-22/h4-5,12,25H,1-3,6-11,13-14H2/t20-/m0/s1. The van der Waals surface area contributed by atoms with Crippen LogP contribution in [0.4, 0.5) is 0 Å². The Bertz CT molecular complexity index is 750. The monoisotopic (exact) mass is 391 g/mol. The number of carbonyl (C=O) groups excluding carboxylic acids is 2. The normalized spacial score (nSPS) is 25.7. The fraction of sp³-hybridized carbons (Fsp3) is 0.600. The maximum Gasteiger partial charge on any atom is 0.257 e. The topological polar surface area (TPSA) is 64.1 Å². The third kappa shape index (κ3) is 3.52. The molecule has 1 aromatic rings. The third-order valence-electron chi connectivity index (χ3n) is 6.34. The van der Waals surface area contributed by atoms with Crippen molar-refractivity contribution in [3.63, 3.8) is 0 Å². The zero-order valence-electron chi connectivity index (χ0n) is 15.5. The molecule has 27 heavy (non-hydrogen) atoms. The fourth-order valence-corrected chi connectivity index (χ4v) is 4.83. The lowest BCUT2D eigenvalue weighted by atomic mass is 9.77. The second-order valence-corrected chi connectivity index (χ2v) is 8.41. The highest BCUT2D eigenvalue weighted by atomic mass is 35.5. The number of hydrogen-bond donors (Lipinski definition) is 1. The molecule has 3 saturated heterocycles. The predicted octanol–water partition coefficient (Wildman–Crippen LogP) is 2.35. The zero-order chi connectivity index (χ0) is 19.0. The lowest BCUT2D eigenvalue weighted by molar-refractivity contribution is -0.138. The van der Waals surface area contributed by atoms with E-state index in [2.05, 4.69) is 4.90 Å². The Morgan fingerprint density at radius 1 is 1.04 bits per heavy atom. The number of piperidine rings is 1. The molecule has 7 heteroatoms. The molecule has 146 valence electrons. The number of benzene rings is 1. The lowest BCUT2D eigenvalue weighted by Gasteiger charge is -2.57. The van der Waals surface area contributed by atoms with E-state index >= 15 is 0 Å². The van der Waals surface area contributed by atoms with Crippen molar-refractivity contribution in [2.45, 2.75) is 37.6 Å². The first-order valence-corrected chi connectivity index (χ1v) is 10.2. The molecular weight excluding hydrogens is 366 g/mol. The molecule has 3 heterocycles. The Morgan fingerprint density at radius 3 is 2.44 bits per heavy atom. The van der Waals surface area contributed by atoms with E-state index in [1.807, 2.05) is 9.80 Å². The molecule has 0 aromatic heterocycles. The molecule has 4 rings (SSSR count). The van der Waals surface area contributed by atoms with Gasteiger partial charge >= 0.3 is 0 Å². The van der Waals surface area contributed by atoms with Crippen molar-refractivity contribution in [2.75, 3.05) is 39.3 Å². The van der Waals surface area contributed by atoms with Gasteiger partial charge < -0.3 is 14.9 Å². The first-order valence-electron chi connectivity index (χ1n) is 9.79. The highest BCUT2D eigenvalue weighted by Crippen LogP contribution is 2.39. The SMILES string of the molecule is O=C(CN1CC[C@]12CCCN(C(=O)c1ccc(Cl)cc1O)C2)N1CCCC1. The summed E-state index contributed by atoms with van der Waals surface area (Å²) < 4.78 is 0. The predicted molar refractivity (Wildman–Crippen MR) is 103 cm³/mol. The van der Waals surface area contributed by atoms with E-state index in [1.54, 1.807) is 12.1 Å². The fourth-order valence-electron chi connectivity index (χ4n) is 4.67. The Labute approximate surface area is 164 Å². The van der Waals surface area contributed by atoms with Crippen molar-refractivity contribution in [3.05, 3.63) is 28.8 Å². The summed E-state index contributed by atoms with van der Waals surface area (Å²) in [6.45, 7) is 4.40. The number of amides is 2. The number of halogens is 1. The van der Waals surface area contributed by atoms with Crippen molar-refractivity contribution in [1.82, 2.24) is 14.7 Å². The van der Waals surface area contributed by atoms with Crippen LogP contribution in [0.15, 0.2) is 18.2 Å². The van der Waals surface area contributed by atoms with Gasteiger partial charge in [0.2, 0.25) is 5.91 Å². The van der Waals surface area contributed by atoms with E-state index in [0.717, 1.165) is 51.7 Å². The van der Waals surface area contributed by atoms with Crippen LogP contribution in [0.5, 0.6) is 5.75 Å². The molecule has 3 aliphatic rings. The number of phenolic OH excluding ortho intramolecular Hbond substituents is 1. The summed E-state index contributed by atoms with van der Waals surface area (Å²) in [6.07, 6.45) is 5.13. The van der Waals surface area contributed by atoms with Gasteiger partial charge in [-0.2, -0.15) is 0 Å². The van der Waals surface area contributed by atoms with Crippen molar-refractivity contribution in [3.8, 4) is 5.75 Å². The first-order chi connectivity index (χ1) is 13.0. The first kappa shape index (κ1) is 18.6. The summed E-state index contributed by atoms with van der Waals surface area (Å²) in [5.41, 5.74) is 0.196. The van der Waals surface area contributed by atoms with E-state index in [0.29, 0.717) is 24.7 Å². The van der Waals surface area contributed by atoms with Crippen LogP contribution in [0.2, 0.25) is 5.02 Å². The quantitative estimate of drug-likeness (QED) is 0.859. The van der Waals surface area contributed by atoms with Gasteiger partial charge in [-0.05, 0) is 50.3 Å². The van der Waals surface area contributed by atoms with E-state index in [9.17, 15) is 14.7 Å². The lowest BCUT2D eigenvalue weighted by Crippen LogP contribution is -2.68. The molecule has 3 aliphatic heterocycles. The van der Waals surface area contributed by atoms with E-state index in [1.165, 1.54) is 6.07 Å². The van der Waals surface area contributed by atoms with Gasteiger partial charge in [0.05, 0.1) is 12.1 Å². The highest BCUT2D eigenvalue weighted by molar-refractivity contribution is 6.30. The van der Waals surface area contributed by atoms with Crippen LogP contribution < -0.4 is 0 Å². The summed E-state index contributed by atoms with van der Waals surface area (Å²) in [7, 11) is 0. The van der Waals surface area contributed by atoms with E-state index < -0.39 is 0 Å². The number of likely N-dealkylation sites (tertiary alicyclic amines) is 3. The van der Waals surface area contributed by atoms with E-state index in [4.69, 9.17) is 11.6 Å². The molecule has 0 unspecified atom stereocenters. The van der Waals surface area contributed by atoms with Gasteiger partial charge in [0.1, 0.15) is 5.75 Å². The molecule has 0 radical (unpaired) electrons. The average molecular weight is 392 g/mol. The third-order valence-corrected chi connectivity index (χ3v) is 6.57. The second-order valence-electron chi connectivity index (χ2n) is 7.98. The van der Waals surface area contributed by atoms with Gasteiger partial charge in [-0.1, -0.05) is 11.6 Å². The van der Waals surface area contributed by atoms with Crippen LogP contribution in [0, 0.1) is 0 Å². The van der Waals surface area contributed by atoms with Gasteiger partial charge in [0, 0.05) is 43.3 Å². The maximum atomic E-state index is 12.9. The number of phenols is 1. The number of aromatic hydroxyl groups is 1. The molecule has 1 N–H and O–H groups in total. The highest BCUT2D eigenvalue weighted by Gasteiger charge is 2.49. The number of rotatable bonds is 3. The Hall–Kier alpha value is -1.79. The second kappa shape index (κ2) is 7.32. The van der Waals surface area contributed by atoms with Crippen LogP contribution in [0.1, 0.15) is 42.5 Å². The van der Waals surface area contributed by atoms with Crippen LogP contribution in [0.3, 0.4) is 0 Å². The van der Waals surface area contributed by atoms with Gasteiger partial charge in [0.25, 0.3) is 5.91 Å². The Morgan fingerprint density at radius 2 is 1.78 bits per heavy atom. The van der Waals surface area contributed by atoms with Gasteiger partial charge in [0.15, 0.2) is 0 Å². The molecule has 0 aliphatic carbocycles. The van der Waals surface area contributed by atoms with Crippen molar-refractivity contribution in [1.29, 1.82) is 0 Å². The van der Waals surface area contributed by atoms with Gasteiger partial charge in [-0.25, -0.2) is 0 Å². The minimum absolute atomic E-state index is 0.0817. The zero-order valence-corrected chi connectivity index (χ0v) is 16.2. The van der Waals surface area contributed by atoms with Gasteiger partial charge in [-0.3, -0.25) is 14.5 Å². The van der Waals surface area contributed by atoms with Crippen LogP contribution in [0.25, 0.3) is 0 Å². The van der Waals surface area contributed by atoms with Crippen molar-refractivity contribution < 1.29 is 14.7 Å². The smallest absolute Gasteiger partial charge is 0.257 e. The number of carbonyl (C=O) groups is 2. The number of hydrogen-bond acceptors (Lipinski definition) is 4. The molecule has 2 amide bonds. The van der Waals surface area contributed by atoms with Crippen molar-refractivity contribution >= 4 is 23.4 Å². The molecule has 0 bridgehead atoms. The molecule has 1 aromatic carbocycles. The number of nitrogens with zero attached hydrogens (tertiary/aromatic N) is 3. The Kier molecular flexibility index (Phi) is 5.03. The van der Waals surface area contributed by atoms with Crippen molar-refractivity contribution in [2.24, 2.45) is 0 Å². The summed E-state index contributed by atoms with van der Waals surface area (Å²) in [5.74, 6) is -0.0341. The largest absolute Gasteiger partial charge is 0.507 e. The summed E-state index contributed by atoms with van der Waals surface area (Å²) >= 11 is 5.88. The molecule has 0 saturated carbocycles. The van der Waals surface area contributed by atoms with Crippen LogP contribution in [-0.4, -0.2) is 76.4 Å². The van der Waals surface area contributed by atoms with E-state index in [-0.39, 0.29) is 28.7 Å². The summed E-state index contributed by atoms with van der Waals surface area (Å²) in [4.78, 5) is 31.5. The minimum atomic E-state index is -0.166. The van der Waals surface area contributed by atoms with Crippen LogP contribution >= 0.6 is 11.6 Å². The summed E-state index contributed by atoms with van der Waals surface area (Å²) in [5, 5.41) is 10.5.